The summed E-state index contributed by atoms with van der Waals surface area (Å²) >= 11 is 5.79. The van der Waals surface area contributed by atoms with Gasteiger partial charge in [-0.05, 0) is 37.8 Å². The third kappa shape index (κ3) is 3.67. The number of carbonyl (C=O) groups excluding carboxylic acids is 1. The van der Waals surface area contributed by atoms with E-state index in [0.717, 1.165) is 12.8 Å². The second-order valence-electron chi connectivity index (χ2n) is 4.74. The molecule has 19 heavy (non-hydrogen) atoms. The zero-order chi connectivity index (χ0) is 14.0. The quantitative estimate of drug-likeness (QED) is 0.892. The number of nitrogens with one attached hydrogen (secondary N) is 1. The molecule has 0 radical (unpaired) electrons. The average Bonchev–Trinajstić information content (AvgIpc) is 3.11. The smallest absolute Gasteiger partial charge is 0.235 e. The van der Waals surface area contributed by atoms with Gasteiger partial charge in [-0.15, -0.1) is 0 Å². The first kappa shape index (κ1) is 14.3. The summed E-state index contributed by atoms with van der Waals surface area (Å²) in [6.07, 6.45) is 3.50. The largest absolute Gasteiger partial charge is 0.352 e. The van der Waals surface area contributed by atoms with E-state index in [1.807, 2.05) is 6.92 Å². The first-order chi connectivity index (χ1) is 8.90. The fraction of sp³-hybridized carbons (Fsp3) is 0.500. The van der Waals surface area contributed by atoms with Crippen LogP contribution in [-0.2, 0) is 14.6 Å². The minimum absolute atomic E-state index is 0.0157. The van der Waals surface area contributed by atoms with Crippen molar-refractivity contribution in [2.45, 2.75) is 30.8 Å². The summed E-state index contributed by atoms with van der Waals surface area (Å²) in [6, 6.07) is 2.99. The van der Waals surface area contributed by atoms with Crippen LogP contribution in [-0.4, -0.2) is 31.1 Å². The lowest BCUT2D eigenvalue weighted by molar-refractivity contribution is -0.119. The van der Waals surface area contributed by atoms with Gasteiger partial charge in [0.25, 0.3) is 0 Å². The predicted molar refractivity (Wildman–Crippen MR) is 71.6 cm³/mol. The molecule has 0 aromatic carbocycles. The van der Waals surface area contributed by atoms with E-state index < -0.39 is 21.5 Å². The van der Waals surface area contributed by atoms with Gasteiger partial charge in [-0.3, -0.25) is 4.79 Å². The summed E-state index contributed by atoms with van der Waals surface area (Å²) in [4.78, 5) is 15.5. The average molecular weight is 303 g/mol. The Hall–Kier alpha value is -1.14. The van der Waals surface area contributed by atoms with Gasteiger partial charge in [0, 0.05) is 12.2 Å². The molecule has 1 saturated carbocycles. The summed E-state index contributed by atoms with van der Waals surface area (Å²) in [6.45, 7) is 1.88. The van der Waals surface area contributed by atoms with E-state index in [9.17, 15) is 13.2 Å². The molecule has 1 aliphatic rings. The molecule has 1 N–H and O–H groups in total. The third-order valence-corrected chi connectivity index (χ3v) is 5.03. The van der Waals surface area contributed by atoms with Gasteiger partial charge in [-0.2, -0.15) is 0 Å². The van der Waals surface area contributed by atoms with Crippen LogP contribution in [0.3, 0.4) is 0 Å². The molecule has 1 heterocycles. The molecule has 5 nitrogen and oxygen atoms in total. The summed E-state index contributed by atoms with van der Waals surface area (Å²) in [7, 11) is -3.80. The minimum Gasteiger partial charge on any atom is -0.352 e. The SMILES string of the molecule is C[C@@H](NC(=O)CS(=O)(=O)c1ncccc1Cl)C1CC1. The lowest BCUT2D eigenvalue weighted by Gasteiger charge is -2.12. The lowest BCUT2D eigenvalue weighted by Crippen LogP contribution is -2.38. The fourth-order valence-corrected chi connectivity index (χ4v) is 3.48. The third-order valence-electron chi connectivity index (χ3n) is 3.06. The van der Waals surface area contributed by atoms with Gasteiger partial charge in [0.1, 0.15) is 5.75 Å². The zero-order valence-corrected chi connectivity index (χ0v) is 12.0. The van der Waals surface area contributed by atoms with E-state index in [1.54, 1.807) is 0 Å². The van der Waals surface area contributed by atoms with Crippen molar-refractivity contribution in [1.82, 2.24) is 10.3 Å². The molecule has 1 atom stereocenters. The van der Waals surface area contributed by atoms with Crippen molar-refractivity contribution in [1.29, 1.82) is 0 Å². The van der Waals surface area contributed by atoms with Crippen molar-refractivity contribution in [3.05, 3.63) is 23.4 Å². The van der Waals surface area contributed by atoms with E-state index in [-0.39, 0.29) is 16.1 Å². The molecular formula is C12H15ClN2O3S. The highest BCUT2D eigenvalue weighted by atomic mass is 35.5. The second kappa shape index (κ2) is 5.46. The van der Waals surface area contributed by atoms with Crippen LogP contribution >= 0.6 is 11.6 Å². The number of pyridine rings is 1. The Morgan fingerprint density at radius 1 is 1.58 bits per heavy atom. The topological polar surface area (TPSA) is 76.1 Å². The maximum atomic E-state index is 12.0. The van der Waals surface area contributed by atoms with Crippen LogP contribution in [0.25, 0.3) is 0 Å². The lowest BCUT2D eigenvalue weighted by atomic mass is 10.2. The molecule has 2 rings (SSSR count). The molecule has 1 amide bonds. The number of halogens is 1. The van der Waals surface area contributed by atoms with Crippen LogP contribution < -0.4 is 5.32 Å². The van der Waals surface area contributed by atoms with Gasteiger partial charge in [-0.25, -0.2) is 13.4 Å². The summed E-state index contributed by atoms with van der Waals surface area (Å²) in [5, 5.41) is 2.49. The molecule has 104 valence electrons. The Labute approximate surface area is 117 Å². The molecule has 0 bridgehead atoms. The minimum atomic E-state index is -3.80. The normalized spacial score (nSPS) is 16.9. The van der Waals surface area contributed by atoms with Crippen molar-refractivity contribution < 1.29 is 13.2 Å². The van der Waals surface area contributed by atoms with E-state index in [0.29, 0.717) is 5.92 Å². The van der Waals surface area contributed by atoms with Crippen molar-refractivity contribution >= 4 is 27.3 Å². The summed E-state index contributed by atoms with van der Waals surface area (Å²) in [5.41, 5.74) is 0. The Morgan fingerprint density at radius 2 is 2.26 bits per heavy atom. The van der Waals surface area contributed by atoms with Crippen molar-refractivity contribution in [3.8, 4) is 0 Å². The summed E-state index contributed by atoms with van der Waals surface area (Å²) in [5.74, 6) is -0.660. The van der Waals surface area contributed by atoms with E-state index in [4.69, 9.17) is 11.6 Å². The first-order valence-corrected chi connectivity index (χ1v) is 8.06. The van der Waals surface area contributed by atoms with Crippen LogP contribution in [0.5, 0.6) is 0 Å². The molecule has 1 aromatic rings. The highest BCUT2D eigenvalue weighted by Gasteiger charge is 2.30. The van der Waals surface area contributed by atoms with Gasteiger partial charge in [-0.1, -0.05) is 11.6 Å². The van der Waals surface area contributed by atoms with Gasteiger partial charge >= 0.3 is 0 Å². The van der Waals surface area contributed by atoms with Crippen molar-refractivity contribution in [3.63, 3.8) is 0 Å². The Morgan fingerprint density at radius 3 is 2.84 bits per heavy atom. The van der Waals surface area contributed by atoms with Crippen LogP contribution in [0.4, 0.5) is 0 Å². The van der Waals surface area contributed by atoms with E-state index >= 15 is 0 Å². The number of aromatic nitrogens is 1. The molecular weight excluding hydrogens is 288 g/mol. The molecule has 0 saturated heterocycles. The molecule has 0 unspecified atom stereocenters. The first-order valence-electron chi connectivity index (χ1n) is 6.03. The maximum Gasteiger partial charge on any atom is 0.235 e. The van der Waals surface area contributed by atoms with Crippen LogP contribution in [0.2, 0.25) is 5.02 Å². The van der Waals surface area contributed by atoms with Crippen LogP contribution in [0.1, 0.15) is 19.8 Å². The Kier molecular flexibility index (Phi) is 4.10. The molecule has 1 fully saturated rings. The zero-order valence-electron chi connectivity index (χ0n) is 10.5. The van der Waals surface area contributed by atoms with Crippen LogP contribution in [0.15, 0.2) is 23.4 Å². The van der Waals surface area contributed by atoms with Gasteiger partial charge in [0.15, 0.2) is 5.03 Å². The Balaban J connectivity index is 2.04. The Bertz CT molecular complexity index is 584. The predicted octanol–water partition coefficient (Wildman–Crippen LogP) is 1.42. The number of hydrogen-bond acceptors (Lipinski definition) is 4. The highest BCUT2D eigenvalue weighted by Crippen LogP contribution is 2.32. The molecule has 7 heteroatoms. The van der Waals surface area contributed by atoms with Crippen molar-refractivity contribution in [2.75, 3.05) is 5.75 Å². The molecule has 0 aliphatic heterocycles. The number of nitrogens with zero attached hydrogens (tertiary/aromatic N) is 1. The number of carbonyl (C=O) groups is 1. The highest BCUT2D eigenvalue weighted by molar-refractivity contribution is 7.92. The molecule has 0 spiro atoms. The summed E-state index contributed by atoms with van der Waals surface area (Å²) < 4.78 is 24.0. The fourth-order valence-electron chi connectivity index (χ4n) is 1.85. The van der Waals surface area contributed by atoms with Crippen LogP contribution in [0, 0.1) is 5.92 Å². The maximum absolute atomic E-state index is 12.0. The number of rotatable bonds is 5. The van der Waals surface area contributed by atoms with Gasteiger partial charge in [0.2, 0.25) is 15.7 Å². The second-order valence-corrected chi connectivity index (χ2v) is 7.06. The monoisotopic (exact) mass is 302 g/mol. The number of amides is 1. The van der Waals surface area contributed by atoms with E-state index in [2.05, 4.69) is 10.3 Å². The number of sulfone groups is 1. The number of hydrogen-bond donors (Lipinski definition) is 1. The standard InChI is InChI=1S/C12H15ClN2O3S/c1-8(9-4-5-9)15-11(16)7-19(17,18)12-10(13)3-2-6-14-12/h2-3,6,8-9H,4-5,7H2,1H3,(H,15,16)/t8-/m1/s1. The molecule has 1 aliphatic carbocycles. The van der Waals surface area contributed by atoms with E-state index in [1.165, 1.54) is 18.3 Å². The van der Waals surface area contributed by atoms with Crippen molar-refractivity contribution in [2.24, 2.45) is 5.92 Å². The van der Waals surface area contributed by atoms with Gasteiger partial charge in [0.05, 0.1) is 5.02 Å². The molecule has 1 aromatic heterocycles. The van der Waals surface area contributed by atoms with Gasteiger partial charge < -0.3 is 5.32 Å².